The molecule has 0 aliphatic rings. The SMILES string of the molecule is CC/C=C\C/C=C\C/C=C\C/C=C\C/C=C\C/C=C\C/C=C\CCCCCC(=O)OC(COC(=O)CCCCCCCCCCCCC/C=C\C/C=C\C/C=C\C/C=C\C/C=C\CC)COP(=O)(O)OCC[N+](C)(C)C. The second kappa shape index (κ2) is 55.6. The minimum absolute atomic E-state index is 0.0158. The first-order valence-corrected chi connectivity index (χ1v) is 31.1. The van der Waals surface area contributed by atoms with E-state index in [1.54, 1.807) is 0 Å². The third-order valence-corrected chi connectivity index (χ3v) is 12.8. The number of likely N-dealkylation sites (N-methyl/N-ethyl adjacent to an activating group) is 1. The van der Waals surface area contributed by atoms with E-state index in [-0.39, 0.29) is 32.0 Å². The number of phosphoric ester groups is 1. The van der Waals surface area contributed by atoms with Crippen molar-refractivity contribution in [2.75, 3.05) is 47.5 Å². The van der Waals surface area contributed by atoms with Crippen molar-refractivity contribution in [2.24, 2.45) is 0 Å². The topological polar surface area (TPSA) is 108 Å². The fourth-order valence-electron chi connectivity index (χ4n) is 7.37. The van der Waals surface area contributed by atoms with Crippen LogP contribution in [0.1, 0.15) is 206 Å². The highest BCUT2D eigenvalue weighted by Crippen LogP contribution is 2.43. The van der Waals surface area contributed by atoms with E-state index in [1.807, 2.05) is 21.1 Å². The molecule has 0 saturated carbocycles. The van der Waals surface area contributed by atoms with E-state index in [0.717, 1.165) is 128 Å². The molecule has 76 heavy (non-hydrogen) atoms. The highest BCUT2D eigenvalue weighted by Gasteiger charge is 2.27. The third-order valence-electron chi connectivity index (χ3n) is 11.9. The van der Waals surface area contributed by atoms with Gasteiger partial charge in [-0.2, -0.15) is 0 Å². The van der Waals surface area contributed by atoms with Crippen LogP contribution in [0.15, 0.2) is 146 Å². The van der Waals surface area contributed by atoms with E-state index < -0.39 is 26.5 Å². The number of quaternary nitrogens is 1. The summed E-state index contributed by atoms with van der Waals surface area (Å²) in [5.74, 6) is -0.851. The van der Waals surface area contributed by atoms with Gasteiger partial charge in [0, 0.05) is 12.8 Å². The Labute approximate surface area is 465 Å². The van der Waals surface area contributed by atoms with E-state index in [4.69, 9.17) is 18.5 Å². The van der Waals surface area contributed by atoms with Crippen molar-refractivity contribution in [1.82, 2.24) is 0 Å². The normalized spacial score (nSPS) is 14.3. The average Bonchev–Trinajstić information content (AvgIpc) is 3.38. The van der Waals surface area contributed by atoms with E-state index in [0.29, 0.717) is 17.4 Å². The maximum atomic E-state index is 12.8. The molecule has 0 saturated heterocycles. The number of allylic oxidation sites excluding steroid dienone is 24. The number of unbranched alkanes of at least 4 members (excludes halogenated alkanes) is 14. The highest BCUT2D eigenvalue weighted by molar-refractivity contribution is 7.47. The lowest BCUT2D eigenvalue weighted by Crippen LogP contribution is -2.37. The molecule has 0 bridgehead atoms. The molecule has 0 spiro atoms. The lowest BCUT2D eigenvalue weighted by molar-refractivity contribution is -0.870. The first-order valence-electron chi connectivity index (χ1n) is 29.6. The van der Waals surface area contributed by atoms with Crippen molar-refractivity contribution >= 4 is 19.8 Å². The number of carbonyl (C=O) groups excluding carboxylic acids is 2. The summed E-state index contributed by atoms with van der Waals surface area (Å²) < 4.78 is 34.5. The molecule has 0 aliphatic heterocycles. The zero-order chi connectivity index (χ0) is 55.6. The third kappa shape index (κ3) is 59.1. The van der Waals surface area contributed by atoms with Gasteiger partial charge in [0.2, 0.25) is 0 Å². The van der Waals surface area contributed by atoms with E-state index in [1.165, 1.54) is 44.9 Å². The minimum Gasteiger partial charge on any atom is -0.462 e. The lowest BCUT2D eigenvalue weighted by atomic mass is 10.0. The van der Waals surface area contributed by atoms with Crippen molar-refractivity contribution < 1.29 is 42.1 Å². The van der Waals surface area contributed by atoms with Crippen LogP contribution >= 0.6 is 7.82 Å². The Kier molecular flexibility index (Phi) is 52.6. The van der Waals surface area contributed by atoms with E-state index in [9.17, 15) is 19.0 Å². The summed E-state index contributed by atoms with van der Waals surface area (Å²) in [6, 6.07) is 0. The van der Waals surface area contributed by atoms with Crippen LogP contribution in [0.5, 0.6) is 0 Å². The Morgan fingerprint density at radius 3 is 1.07 bits per heavy atom. The van der Waals surface area contributed by atoms with Gasteiger partial charge in [0.15, 0.2) is 6.10 Å². The quantitative estimate of drug-likeness (QED) is 0.0211. The molecule has 430 valence electrons. The summed E-state index contributed by atoms with van der Waals surface area (Å²) in [7, 11) is 1.43. The van der Waals surface area contributed by atoms with Gasteiger partial charge in [0.1, 0.15) is 19.8 Å². The van der Waals surface area contributed by atoms with Crippen LogP contribution in [0.3, 0.4) is 0 Å². The van der Waals surface area contributed by atoms with Crippen LogP contribution in [0.4, 0.5) is 0 Å². The van der Waals surface area contributed by atoms with E-state index in [2.05, 4.69) is 160 Å². The van der Waals surface area contributed by atoms with Crippen molar-refractivity contribution in [3.8, 4) is 0 Å². The first kappa shape index (κ1) is 71.9. The van der Waals surface area contributed by atoms with Gasteiger partial charge in [-0.1, -0.05) is 224 Å². The largest absolute Gasteiger partial charge is 0.472 e. The molecule has 0 amide bonds. The van der Waals surface area contributed by atoms with Crippen LogP contribution in [0, 0.1) is 0 Å². The van der Waals surface area contributed by atoms with Gasteiger partial charge in [-0.25, -0.2) is 4.57 Å². The van der Waals surface area contributed by atoms with Crippen molar-refractivity contribution in [2.45, 2.75) is 213 Å². The number of hydrogen-bond donors (Lipinski definition) is 1. The Hall–Kier alpha value is -4.11. The summed E-state index contributed by atoms with van der Waals surface area (Å²) in [4.78, 5) is 35.7. The molecule has 0 aromatic rings. The zero-order valence-electron chi connectivity index (χ0n) is 48.7. The zero-order valence-corrected chi connectivity index (χ0v) is 49.6. The first-order chi connectivity index (χ1) is 37.0. The van der Waals surface area contributed by atoms with Gasteiger partial charge in [-0.3, -0.25) is 18.6 Å². The maximum absolute atomic E-state index is 12.8. The molecule has 10 heteroatoms. The van der Waals surface area contributed by atoms with Gasteiger partial charge in [0.05, 0.1) is 27.7 Å². The molecular formula is C66H109NO8P+. The van der Waals surface area contributed by atoms with Gasteiger partial charge < -0.3 is 18.9 Å². The van der Waals surface area contributed by atoms with Gasteiger partial charge in [-0.05, 0) is 116 Å². The standard InChI is InChI=1S/C66H108NO8P/c1-6-8-10-12-14-16-18-20-22-24-26-28-30-32-33-35-36-38-40-42-44-46-48-50-52-54-56-58-65(68)72-62-64(63-74-76(70,71)73-61-60-67(3,4)5)75-66(69)59-57-55-53-51-49-47-45-43-41-39-37-34-31-29-27-25-23-21-19-17-15-13-11-9-7-2/h8-11,14-17,20-23,26-29,32-34,37,41,43,47,49,64H,6-7,12-13,18-19,24-25,30-31,35-36,38-40,42,44-46,48,50-63H2,1-5H3/p+1/b10-8-,11-9-,16-14-,17-15-,22-20-,23-21-,28-26-,29-27-,33-32-,37-34-,43-41-,49-47-. The summed E-state index contributed by atoms with van der Waals surface area (Å²) in [6.45, 7) is 4.14. The molecule has 9 nitrogen and oxygen atoms in total. The van der Waals surface area contributed by atoms with Gasteiger partial charge in [-0.15, -0.1) is 0 Å². The number of carbonyl (C=O) groups is 2. The van der Waals surface area contributed by atoms with Crippen molar-refractivity contribution in [1.29, 1.82) is 0 Å². The van der Waals surface area contributed by atoms with Crippen molar-refractivity contribution in [3.63, 3.8) is 0 Å². The van der Waals surface area contributed by atoms with Crippen LogP contribution in [0.2, 0.25) is 0 Å². The number of rotatable bonds is 52. The van der Waals surface area contributed by atoms with Crippen LogP contribution in [-0.2, 0) is 32.7 Å². The van der Waals surface area contributed by atoms with Crippen molar-refractivity contribution in [3.05, 3.63) is 146 Å². The number of ether oxygens (including phenoxy) is 2. The maximum Gasteiger partial charge on any atom is 0.472 e. The second-order valence-corrected chi connectivity index (χ2v) is 21.7. The molecule has 2 unspecified atom stereocenters. The predicted molar refractivity (Wildman–Crippen MR) is 325 cm³/mol. The molecule has 0 aliphatic carbocycles. The monoisotopic (exact) mass is 1070 g/mol. The fourth-order valence-corrected chi connectivity index (χ4v) is 8.12. The number of esters is 2. The molecule has 1 N–H and O–H groups in total. The van der Waals surface area contributed by atoms with Gasteiger partial charge >= 0.3 is 19.8 Å². The summed E-state index contributed by atoms with van der Waals surface area (Å²) in [5.41, 5.74) is 0. The number of hydrogen-bond acceptors (Lipinski definition) is 7. The van der Waals surface area contributed by atoms with Crippen LogP contribution in [-0.4, -0.2) is 74.9 Å². The van der Waals surface area contributed by atoms with E-state index >= 15 is 0 Å². The van der Waals surface area contributed by atoms with Gasteiger partial charge in [0.25, 0.3) is 0 Å². The second-order valence-electron chi connectivity index (χ2n) is 20.3. The molecule has 0 rings (SSSR count). The smallest absolute Gasteiger partial charge is 0.462 e. The number of phosphoric acid groups is 1. The molecule has 0 aromatic carbocycles. The average molecular weight is 1080 g/mol. The Bertz CT molecular complexity index is 1790. The Morgan fingerprint density at radius 2 is 0.711 bits per heavy atom. The van der Waals surface area contributed by atoms with Crippen LogP contribution < -0.4 is 0 Å². The Balaban J connectivity index is 4.27. The molecule has 2 atom stereocenters. The van der Waals surface area contributed by atoms with Crippen LogP contribution in [0.25, 0.3) is 0 Å². The molecule has 0 heterocycles. The fraction of sp³-hybridized carbons (Fsp3) is 0.606. The number of nitrogens with zero attached hydrogens (tertiary/aromatic N) is 1. The lowest BCUT2D eigenvalue weighted by Gasteiger charge is -2.24. The highest BCUT2D eigenvalue weighted by atomic mass is 31.2. The predicted octanol–water partition coefficient (Wildman–Crippen LogP) is 18.7. The molecule has 0 radical (unpaired) electrons. The molecule has 0 aromatic heterocycles. The Morgan fingerprint density at radius 1 is 0.408 bits per heavy atom. The summed E-state index contributed by atoms with van der Waals surface area (Å²) >= 11 is 0. The molecule has 0 fully saturated rings. The minimum atomic E-state index is -4.41. The molecular weight excluding hydrogens is 966 g/mol. The summed E-state index contributed by atoms with van der Waals surface area (Å²) in [6.07, 6.45) is 82.0. The summed E-state index contributed by atoms with van der Waals surface area (Å²) in [5, 5.41) is 0.